The van der Waals surface area contributed by atoms with Crippen LogP contribution in [0.5, 0.6) is 0 Å². The Morgan fingerprint density at radius 3 is 1.70 bits per heavy atom. The summed E-state index contributed by atoms with van der Waals surface area (Å²) in [7, 11) is 0. The summed E-state index contributed by atoms with van der Waals surface area (Å²) in [4.78, 5) is 0. The Morgan fingerprint density at radius 2 is 1.30 bits per heavy atom. The molecule has 3 aromatic rings. The quantitative estimate of drug-likeness (QED) is 0.495. The molecule has 0 aliphatic rings. The molecule has 4 heteroatoms. The Balaban J connectivity index is 0.00000120. The minimum atomic E-state index is 0. The SMILES string of the molecule is CCC(C)n1c2ccccc2c2ccccc21.[K+].[PH2-].[V]. The van der Waals surface area contributed by atoms with E-state index in [1.807, 2.05) is 0 Å². The summed E-state index contributed by atoms with van der Waals surface area (Å²) in [5, 5.41) is 2.73. The standard InChI is InChI=1S/C16H17N.K.H2P.V/c1-3-12(2)17-15-10-6-4-8-13(15)14-9-5-7-11-16(14)17;;;/h4-12H,3H2,1-2H3;;1H2;/q;+1;-1;. The van der Waals surface area contributed by atoms with Crippen molar-refractivity contribution in [1.29, 1.82) is 0 Å². The minimum Gasteiger partial charge on any atom is -0.577 e. The zero-order chi connectivity index (χ0) is 11.8. The molecule has 0 amide bonds. The average Bonchev–Trinajstić information content (AvgIpc) is 2.72. The molecule has 3 rings (SSSR count). The Bertz CT molecular complexity index is 627. The Kier molecular flexibility index (Phi) is 9.53. The molecule has 0 spiro atoms. The van der Waals surface area contributed by atoms with E-state index in [2.05, 4.69) is 66.9 Å². The van der Waals surface area contributed by atoms with Crippen LogP contribution in [0.15, 0.2) is 48.5 Å². The number of benzene rings is 2. The fourth-order valence-electron chi connectivity index (χ4n) is 2.61. The van der Waals surface area contributed by atoms with Crippen molar-refractivity contribution in [3.63, 3.8) is 0 Å². The minimum absolute atomic E-state index is 0. The van der Waals surface area contributed by atoms with Gasteiger partial charge in [-0.2, -0.15) is 0 Å². The number of para-hydroxylation sites is 2. The molecule has 0 saturated heterocycles. The van der Waals surface area contributed by atoms with Crippen LogP contribution in [0.4, 0.5) is 0 Å². The number of hydrogen-bond donors (Lipinski definition) is 0. The van der Waals surface area contributed by atoms with E-state index >= 15 is 0 Å². The van der Waals surface area contributed by atoms with E-state index in [0.29, 0.717) is 6.04 Å². The predicted octanol–water partition coefficient (Wildman–Crippen LogP) is 2.09. The number of aromatic nitrogens is 1. The predicted molar refractivity (Wildman–Crippen MR) is 84.2 cm³/mol. The second-order valence-corrected chi connectivity index (χ2v) is 4.66. The fraction of sp³-hybridized carbons (Fsp3) is 0.250. The molecule has 20 heavy (non-hydrogen) atoms. The van der Waals surface area contributed by atoms with Gasteiger partial charge < -0.3 is 14.5 Å². The average molecular weight is 346 g/mol. The maximum absolute atomic E-state index is 2.46. The maximum atomic E-state index is 2.46. The normalized spacial score (nSPS) is 11.3. The maximum Gasteiger partial charge on any atom is 1.00 e. The van der Waals surface area contributed by atoms with Gasteiger partial charge in [0.1, 0.15) is 0 Å². The van der Waals surface area contributed by atoms with Crippen LogP contribution < -0.4 is 51.4 Å². The van der Waals surface area contributed by atoms with Crippen molar-refractivity contribution in [2.45, 2.75) is 26.3 Å². The number of nitrogens with zero attached hydrogens (tertiary/aromatic N) is 1. The molecular formula is C16H19KNPV. The van der Waals surface area contributed by atoms with Crippen molar-refractivity contribution in [1.82, 2.24) is 4.57 Å². The van der Waals surface area contributed by atoms with E-state index in [0.717, 1.165) is 6.42 Å². The van der Waals surface area contributed by atoms with E-state index in [4.69, 9.17) is 0 Å². The summed E-state index contributed by atoms with van der Waals surface area (Å²) in [6, 6.07) is 17.9. The van der Waals surface area contributed by atoms with Crippen molar-refractivity contribution in [3.8, 4) is 0 Å². The van der Waals surface area contributed by atoms with Crippen LogP contribution in [0, 0.1) is 0 Å². The molecule has 0 N–H and O–H groups in total. The van der Waals surface area contributed by atoms with Gasteiger partial charge in [-0.3, -0.25) is 0 Å². The van der Waals surface area contributed by atoms with Gasteiger partial charge in [0.15, 0.2) is 0 Å². The molecule has 1 unspecified atom stereocenters. The molecule has 1 radical (unpaired) electrons. The van der Waals surface area contributed by atoms with Gasteiger partial charge in [-0.15, -0.1) is 0 Å². The van der Waals surface area contributed by atoms with Crippen LogP contribution in [-0.2, 0) is 18.6 Å². The Morgan fingerprint density at radius 1 is 0.900 bits per heavy atom. The van der Waals surface area contributed by atoms with Gasteiger partial charge >= 0.3 is 51.4 Å². The van der Waals surface area contributed by atoms with E-state index in [1.165, 1.54) is 21.8 Å². The fourth-order valence-corrected chi connectivity index (χ4v) is 2.61. The summed E-state index contributed by atoms with van der Waals surface area (Å²) >= 11 is 0. The van der Waals surface area contributed by atoms with Crippen LogP contribution >= 0.6 is 9.90 Å². The van der Waals surface area contributed by atoms with E-state index in [1.54, 1.807) is 0 Å². The third kappa shape index (κ3) is 3.62. The smallest absolute Gasteiger partial charge is 0.577 e. The summed E-state index contributed by atoms with van der Waals surface area (Å²) < 4.78 is 2.46. The summed E-state index contributed by atoms with van der Waals surface area (Å²) in [6.07, 6.45) is 1.16. The zero-order valence-electron chi connectivity index (χ0n) is 12.4. The molecular weight excluding hydrogens is 327 g/mol. The van der Waals surface area contributed by atoms with Crippen molar-refractivity contribution in [2.24, 2.45) is 0 Å². The zero-order valence-corrected chi connectivity index (χ0v) is 18.0. The number of hydrogen-bond acceptors (Lipinski definition) is 0. The van der Waals surface area contributed by atoms with Gasteiger partial charge in [0.05, 0.1) is 0 Å². The molecule has 1 heterocycles. The van der Waals surface area contributed by atoms with Gasteiger partial charge in [-0.1, -0.05) is 43.3 Å². The molecule has 1 atom stereocenters. The largest absolute Gasteiger partial charge is 1.00 e. The van der Waals surface area contributed by atoms with Gasteiger partial charge in [0.2, 0.25) is 0 Å². The van der Waals surface area contributed by atoms with Crippen LogP contribution in [0.3, 0.4) is 0 Å². The molecule has 0 aliphatic carbocycles. The van der Waals surface area contributed by atoms with Crippen molar-refractivity contribution in [2.75, 3.05) is 0 Å². The summed E-state index contributed by atoms with van der Waals surface area (Å²) in [5.41, 5.74) is 2.70. The first-order valence-electron chi connectivity index (χ1n) is 6.30. The molecule has 0 fully saturated rings. The van der Waals surface area contributed by atoms with Crippen molar-refractivity contribution < 1.29 is 69.9 Å². The van der Waals surface area contributed by atoms with Gasteiger partial charge in [0.25, 0.3) is 0 Å². The second kappa shape index (κ2) is 9.12. The van der Waals surface area contributed by atoms with E-state index in [-0.39, 0.29) is 79.8 Å². The van der Waals surface area contributed by atoms with Gasteiger partial charge in [-0.25, -0.2) is 0 Å². The summed E-state index contributed by atoms with van der Waals surface area (Å²) in [5.74, 6) is 0. The van der Waals surface area contributed by atoms with Gasteiger partial charge in [-0.05, 0) is 25.5 Å². The van der Waals surface area contributed by atoms with E-state index < -0.39 is 0 Å². The third-order valence-electron chi connectivity index (χ3n) is 3.65. The molecule has 2 aromatic carbocycles. The number of fused-ring (bicyclic) bond motifs is 3. The summed E-state index contributed by atoms with van der Waals surface area (Å²) in [6.45, 7) is 4.53. The molecule has 0 aliphatic heterocycles. The van der Waals surface area contributed by atoms with Crippen LogP contribution in [0.2, 0.25) is 0 Å². The van der Waals surface area contributed by atoms with Crippen molar-refractivity contribution >= 4 is 31.7 Å². The van der Waals surface area contributed by atoms with Gasteiger partial charge in [0, 0.05) is 46.4 Å². The molecule has 0 saturated carbocycles. The van der Waals surface area contributed by atoms with Crippen LogP contribution in [0.25, 0.3) is 21.8 Å². The van der Waals surface area contributed by atoms with Crippen LogP contribution in [-0.4, -0.2) is 4.57 Å². The van der Waals surface area contributed by atoms with Crippen LogP contribution in [0.1, 0.15) is 26.3 Å². The molecule has 1 aromatic heterocycles. The van der Waals surface area contributed by atoms with Crippen molar-refractivity contribution in [3.05, 3.63) is 48.5 Å². The molecule has 0 bridgehead atoms. The first kappa shape index (κ1) is 20.9. The Labute approximate surface area is 178 Å². The second-order valence-electron chi connectivity index (χ2n) is 4.66. The monoisotopic (exact) mass is 346 g/mol. The third-order valence-corrected chi connectivity index (χ3v) is 3.65. The Hall–Kier alpha value is 0.891. The topological polar surface area (TPSA) is 4.93 Å². The number of rotatable bonds is 2. The first-order valence-corrected chi connectivity index (χ1v) is 6.30. The first-order chi connectivity index (χ1) is 8.33. The molecule has 99 valence electrons. The van der Waals surface area contributed by atoms with E-state index in [9.17, 15) is 0 Å². The molecule has 1 nitrogen and oxygen atoms in total.